The van der Waals surface area contributed by atoms with Gasteiger partial charge in [0.2, 0.25) is 5.91 Å². The van der Waals surface area contributed by atoms with E-state index in [-0.39, 0.29) is 5.91 Å². The molecule has 1 aliphatic heterocycles. The van der Waals surface area contributed by atoms with Gasteiger partial charge in [-0.1, -0.05) is 19.1 Å². The monoisotopic (exact) mass is 287 g/mol. The molecule has 1 aromatic rings. The van der Waals surface area contributed by atoms with Crippen LogP contribution in [0, 0.1) is 0 Å². The van der Waals surface area contributed by atoms with Crippen LogP contribution < -0.4 is 15.5 Å². The number of benzene rings is 1. The number of rotatable bonds is 6. The third-order valence-electron chi connectivity index (χ3n) is 4.38. The van der Waals surface area contributed by atoms with Gasteiger partial charge in [-0.3, -0.25) is 4.79 Å². The first-order valence-corrected chi connectivity index (χ1v) is 8.08. The van der Waals surface area contributed by atoms with E-state index in [4.69, 9.17) is 0 Å². The van der Waals surface area contributed by atoms with Crippen LogP contribution in [0.1, 0.15) is 43.9 Å². The van der Waals surface area contributed by atoms with E-state index in [0.29, 0.717) is 18.6 Å². The topological polar surface area (TPSA) is 44.4 Å². The van der Waals surface area contributed by atoms with Gasteiger partial charge in [0, 0.05) is 24.3 Å². The molecule has 2 aliphatic rings. The first-order valence-electron chi connectivity index (χ1n) is 8.08. The summed E-state index contributed by atoms with van der Waals surface area (Å²) in [4.78, 5) is 14.2. The van der Waals surface area contributed by atoms with Crippen molar-refractivity contribution in [2.75, 3.05) is 24.5 Å². The number of hydrogen-bond acceptors (Lipinski definition) is 3. The summed E-state index contributed by atoms with van der Waals surface area (Å²) in [7, 11) is 0. The van der Waals surface area contributed by atoms with Crippen LogP contribution in [0.4, 0.5) is 5.69 Å². The molecule has 1 aromatic carbocycles. The maximum Gasteiger partial charge on any atom is 0.239 e. The molecule has 114 valence electrons. The minimum atomic E-state index is 0.162. The van der Waals surface area contributed by atoms with E-state index in [1.807, 2.05) is 0 Å². The van der Waals surface area contributed by atoms with Crippen LogP contribution in [-0.4, -0.2) is 31.6 Å². The molecule has 1 amide bonds. The third kappa shape index (κ3) is 3.38. The fraction of sp³-hybridized carbons (Fsp3) is 0.588. The van der Waals surface area contributed by atoms with Crippen molar-refractivity contribution in [3.05, 3.63) is 29.3 Å². The highest BCUT2D eigenvalue weighted by Crippen LogP contribution is 2.30. The maximum absolute atomic E-state index is 12.0. The van der Waals surface area contributed by atoms with Gasteiger partial charge in [-0.2, -0.15) is 0 Å². The van der Waals surface area contributed by atoms with Crippen molar-refractivity contribution in [2.24, 2.45) is 0 Å². The Morgan fingerprint density at radius 1 is 1.43 bits per heavy atom. The van der Waals surface area contributed by atoms with Gasteiger partial charge in [0.15, 0.2) is 0 Å². The van der Waals surface area contributed by atoms with Gasteiger partial charge in [0.25, 0.3) is 0 Å². The summed E-state index contributed by atoms with van der Waals surface area (Å²) in [5.74, 6) is 0.162. The highest BCUT2D eigenvalue weighted by Gasteiger charge is 2.26. The fourth-order valence-electron chi connectivity index (χ4n) is 3.02. The number of carbonyl (C=O) groups excluding carboxylic acids is 1. The molecule has 3 rings (SSSR count). The van der Waals surface area contributed by atoms with Gasteiger partial charge >= 0.3 is 0 Å². The zero-order valence-electron chi connectivity index (χ0n) is 13.0. The number of hydrogen-bond donors (Lipinski definition) is 2. The molecule has 21 heavy (non-hydrogen) atoms. The second-order valence-electron chi connectivity index (χ2n) is 6.18. The maximum atomic E-state index is 12.0. The normalized spacial score (nSPS) is 18.5. The van der Waals surface area contributed by atoms with E-state index in [0.717, 1.165) is 32.4 Å². The van der Waals surface area contributed by atoms with E-state index < -0.39 is 0 Å². The molecule has 1 unspecified atom stereocenters. The van der Waals surface area contributed by atoms with Crippen LogP contribution in [0.5, 0.6) is 0 Å². The van der Waals surface area contributed by atoms with E-state index >= 15 is 0 Å². The summed E-state index contributed by atoms with van der Waals surface area (Å²) < 4.78 is 0. The SMILES string of the molecule is CCNC(C)c1ccc2c(c1)CCN2CC(=O)NC1CC1. The van der Waals surface area contributed by atoms with E-state index in [1.54, 1.807) is 0 Å². The summed E-state index contributed by atoms with van der Waals surface area (Å²) in [6.45, 7) is 6.74. The summed E-state index contributed by atoms with van der Waals surface area (Å²) >= 11 is 0. The van der Waals surface area contributed by atoms with Gasteiger partial charge in [-0.25, -0.2) is 0 Å². The molecule has 1 saturated carbocycles. The number of nitrogens with zero attached hydrogens (tertiary/aromatic N) is 1. The van der Waals surface area contributed by atoms with Crippen LogP contribution in [0.2, 0.25) is 0 Å². The summed E-state index contributed by atoms with van der Waals surface area (Å²) in [6, 6.07) is 7.48. The zero-order chi connectivity index (χ0) is 14.8. The molecular formula is C17H25N3O. The average molecular weight is 287 g/mol. The highest BCUT2D eigenvalue weighted by atomic mass is 16.2. The van der Waals surface area contributed by atoms with Crippen molar-refractivity contribution in [1.29, 1.82) is 0 Å². The summed E-state index contributed by atoms with van der Waals surface area (Å²) in [6.07, 6.45) is 3.33. The lowest BCUT2D eigenvalue weighted by Crippen LogP contribution is -2.37. The van der Waals surface area contributed by atoms with E-state index in [9.17, 15) is 4.79 Å². The molecule has 4 heteroatoms. The molecule has 0 radical (unpaired) electrons. The van der Waals surface area contributed by atoms with Crippen molar-refractivity contribution >= 4 is 11.6 Å². The molecule has 1 heterocycles. The molecule has 0 saturated heterocycles. The Kier molecular flexibility index (Phi) is 4.15. The van der Waals surface area contributed by atoms with Crippen molar-refractivity contribution in [3.8, 4) is 0 Å². The van der Waals surface area contributed by atoms with Crippen LogP contribution in [-0.2, 0) is 11.2 Å². The quantitative estimate of drug-likeness (QED) is 0.841. The fourth-order valence-corrected chi connectivity index (χ4v) is 3.02. The first-order chi connectivity index (χ1) is 10.2. The molecule has 0 bridgehead atoms. The number of amides is 1. The van der Waals surface area contributed by atoms with Crippen molar-refractivity contribution in [3.63, 3.8) is 0 Å². The first kappa shape index (κ1) is 14.4. The van der Waals surface area contributed by atoms with Crippen LogP contribution >= 0.6 is 0 Å². The average Bonchev–Trinajstić information content (AvgIpc) is 3.19. The Morgan fingerprint density at radius 2 is 2.24 bits per heavy atom. The van der Waals surface area contributed by atoms with Crippen LogP contribution in [0.25, 0.3) is 0 Å². The van der Waals surface area contributed by atoms with Gasteiger partial charge in [0.05, 0.1) is 6.54 Å². The van der Waals surface area contributed by atoms with Crippen molar-refractivity contribution in [1.82, 2.24) is 10.6 Å². The second-order valence-corrected chi connectivity index (χ2v) is 6.18. The number of carbonyl (C=O) groups is 1. The highest BCUT2D eigenvalue weighted by molar-refractivity contribution is 5.82. The molecular weight excluding hydrogens is 262 g/mol. The molecule has 1 fully saturated rings. The Hall–Kier alpha value is -1.55. The van der Waals surface area contributed by atoms with Gasteiger partial charge < -0.3 is 15.5 Å². The minimum absolute atomic E-state index is 0.162. The Balaban J connectivity index is 1.66. The molecule has 2 N–H and O–H groups in total. The lowest BCUT2D eigenvalue weighted by atomic mass is 10.0. The Morgan fingerprint density at radius 3 is 2.95 bits per heavy atom. The minimum Gasteiger partial charge on any atom is -0.362 e. The van der Waals surface area contributed by atoms with Crippen LogP contribution in [0.3, 0.4) is 0 Å². The molecule has 0 aromatic heterocycles. The largest absolute Gasteiger partial charge is 0.362 e. The van der Waals surface area contributed by atoms with E-state index in [1.165, 1.54) is 16.8 Å². The predicted molar refractivity (Wildman–Crippen MR) is 85.6 cm³/mol. The third-order valence-corrected chi connectivity index (χ3v) is 4.38. The van der Waals surface area contributed by atoms with Gasteiger partial charge in [0.1, 0.15) is 0 Å². The number of fused-ring (bicyclic) bond motifs is 1. The lowest BCUT2D eigenvalue weighted by Gasteiger charge is -2.20. The predicted octanol–water partition coefficient (Wildman–Crippen LogP) is 2.00. The second kappa shape index (κ2) is 6.06. The summed E-state index contributed by atoms with van der Waals surface area (Å²) in [5, 5.41) is 6.51. The van der Waals surface area contributed by atoms with Gasteiger partial charge in [-0.15, -0.1) is 0 Å². The molecule has 1 aliphatic carbocycles. The molecule has 0 spiro atoms. The number of nitrogens with one attached hydrogen (secondary N) is 2. The molecule has 1 atom stereocenters. The standard InChI is InChI=1S/C17H25N3O/c1-3-18-12(2)13-4-7-16-14(10-13)8-9-20(16)11-17(21)19-15-5-6-15/h4,7,10,12,15,18H,3,5-6,8-9,11H2,1-2H3,(H,19,21). The lowest BCUT2D eigenvalue weighted by molar-refractivity contribution is -0.119. The smallest absolute Gasteiger partial charge is 0.239 e. The van der Waals surface area contributed by atoms with Crippen molar-refractivity contribution in [2.45, 2.75) is 45.2 Å². The number of anilines is 1. The van der Waals surface area contributed by atoms with Crippen LogP contribution in [0.15, 0.2) is 18.2 Å². The molecule has 4 nitrogen and oxygen atoms in total. The van der Waals surface area contributed by atoms with Gasteiger partial charge in [-0.05, 0) is 49.9 Å². The van der Waals surface area contributed by atoms with Crippen molar-refractivity contribution < 1.29 is 4.79 Å². The Labute approximate surface area is 126 Å². The zero-order valence-corrected chi connectivity index (χ0v) is 13.0. The van der Waals surface area contributed by atoms with E-state index in [2.05, 4.69) is 47.6 Å². The summed E-state index contributed by atoms with van der Waals surface area (Å²) in [5.41, 5.74) is 3.93. The Bertz CT molecular complexity index is 525.